The largest absolute Gasteiger partial charge is 0.461 e. The maximum absolute atomic E-state index is 12.7. The van der Waals surface area contributed by atoms with E-state index >= 15 is 0 Å². The molecule has 0 spiro atoms. The molecule has 6 nitrogen and oxygen atoms in total. The Labute approximate surface area is 161 Å². The minimum atomic E-state index is -0.0755. The fourth-order valence-electron chi connectivity index (χ4n) is 3.95. The summed E-state index contributed by atoms with van der Waals surface area (Å²) in [6, 6.07) is 5.22. The lowest BCUT2D eigenvalue weighted by Gasteiger charge is -2.30. The molecule has 0 N–H and O–H groups in total. The highest BCUT2D eigenvalue weighted by molar-refractivity contribution is 7.11. The van der Waals surface area contributed by atoms with E-state index in [4.69, 9.17) is 13.9 Å². The first-order valence-corrected chi connectivity index (χ1v) is 10.4. The molecular weight excluding hydrogens is 362 g/mol. The molecule has 1 amide bonds. The molecule has 1 aliphatic carbocycles. The molecule has 1 saturated heterocycles. The molecule has 0 bridgehead atoms. The lowest BCUT2D eigenvalue weighted by molar-refractivity contribution is 0.0702. The second-order valence-corrected chi connectivity index (χ2v) is 8.36. The van der Waals surface area contributed by atoms with Crippen LogP contribution in [-0.4, -0.2) is 34.0 Å². The van der Waals surface area contributed by atoms with E-state index in [0.717, 1.165) is 32.4 Å². The fraction of sp³-hybridized carbons (Fsp3) is 0.450. The lowest BCUT2D eigenvalue weighted by Crippen LogP contribution is -2.38. The minimum absolute atomic E-state index is 0.0755. The van der Waals surface area contributed by atoms with Gasteiger partial charge in [-0.05, 0) is 50.7 Å². The van der Waals surface area contributed by atoms with Crippen molar-refractivity contribution in [1.29, 1.82) is 0 Å². The van der Waals surface area contributed by atoms with E-state index in [0.29, 0.717) is 23.1 Å². The first-order valence-electron chi connectivity index (χ1n) is 9.56. The Morgan fingerprint density at radius 3 is 2.81 bits per heavy atom. The van der Waals surface area contributed by atoms with Gasteiger partial charge in [0.25, 0.3) is 5.91 Å². The number of thiazole rings is 1. The molecule has 1 fully saturated rings. The molecule has 3 aromatic heterocycles. The molecule has 0 aromatic carbocycles. The molecule has 1 aliphatic heterocycles. The number of aryl methyl sites for hydroxylation is 2. The van der Waals surface area contributed by atoms with Crippen molar-refractivity contribution in [2.75, 3.05) is 13.1 Å². The summed E-state index contributed by atoms with van der Waals surface area (Å²) in [5, 5.41) is 5.21. The Hall–Kier alpha value is -2.41. The zero-order valence-electron chi connectivity index (χ0n) is 15.0. The number of hydrogen-bond donors (Lipinski definition) is 0. The van der Waals surface area contributed by atoms with Crippen molar-refractivity contribution < 1.29 is 13.7 Å². The van der Waals surface area contributed by atoms with Crippen molar-refractivity contribution in [1.82, 2.24) is 15.0 Å². The maximum Gasteiger partial charge on any atom is 0.276 e. The third-order valence-electron chi connectivity index (χ3n) is 5.49. The summed E-state index contributed by atoms with van der Waals surface area (Å²) in [5.74, 6) is 1.45. The number of rotatable bonds is 3. The number of nitrogens with zero attached hydrogens (tertiary/aromatic N) is 3. The van der Waals surface area contributed by atoms with E-state index in [2.05, 4.69) is 5.16 Å². The van der Waals surface area contributed by atoms with Gasteiger partial charge >= 0.3 is 0 Å². The molecule has 2 aliphatic rings. The van der Waals surface area contributed by atoms with Crippen LogP contribution in [0.25, 0.3) is 11.5 Å². The van der Waals surface area contributed by atoms with E-state index in [1.54, 1.807) is 24.5 Å². The predicted octanol–water partition coefficient (Wildman–Crippen LogP) is 4.29. The number of carbonyl (C=O) groups is 1. The normalized spacial score (nSPS) is 17.9. The molecule has 5 rings (SSSR count). The summed E-state index contributed by atoms with van der Waals surface area (Å²) in [7, 11) is 0. The first-order chi connectivity index (χ1) is 13.3. The van der Waals surface area contributed by atoms with E-state index < -0.39 is 0 Å². The van der Waals surface area contributed by atoms with Crippen molar-refractivity contribution in [3.8, 4) is 11.5 Å². The van der Waals surface area contributed by atoms with Gasteiger partial charge in [0.05, 0.1) is 17.0 Å². The van der Waals surface area contributed by atoms with E-state index in [9.17, 15) is 4.79 Å². The molecule has 27 heavy (non-hydrogen) atoms. The SMILES string of the molecule is O=C(c1cc(-c2ccco2)on1)N1CCC(c2nc3c(s2)CCCC3)CC1. The molecule has 0 radical (unpaired) electrons. The smallest absolute Gasteiger partial charge is 0.276 e. The molecule has 140 valence electrons. The highest BCUT2D eigenvalue weighted by Gasteiger charge is 2.29. The Balaban J connectivity index is 1.24. The van der Waals surface area contributed by atoms with Crippen LogP contribution < -0.4 is 0 Å². The number of amides is 1. The van der Waals surface area contributed by atoms with Crippen LogP contribution in [0.5, 0.6) is 0 Å². The van der Waals surface area contributed by atoms with Crippen LogP contribution in [-0.2, 0) is 12.8 Å². The third-order valence-corrected chi connectivity index (χ3v) is 6.81. The Morgan fingerprint density at radius 1 is 1.19 bits per heavy atom. The summed E-state index contributed by atoms with van der Waals surface area (Å²) in [4.78, 5) is 21.0. The van der Waals surface area contributed by atoms with Crippen LogP contribution >= 0.6 is 11.3 Å². The second kappa shape index (κ2) is 6.96. The average Bonchev–Trinajstić information content (AvgIpc) is 3.47. The number of piperidine rings is 1. The van der Waals surface area contributed by atoms with Gasteiger partial charge in [0.1, 0.15) is 0 Å². The van der Waals surface area contributed by atoms with Gasteiger partial charge in [0.15, 0.2) is 11.5 Å². The van der Waals surface area contributed by atoms with E-state index in [-0.39, 0.29) is 5.91 Å². The summed E-state index contributed by atoms with van der Waals surface area (Å²) in [6.45, 7) is 1.47. The van der Waals surface area contributed by atoms with Crippen molar-refractivity contribution in [2.24, 2.45) is 0 Å². The number of fused-ring (bicyclic) bond motifs is 1. The van der Waals surface area contributed by atoms with Crippen molar-refractivity contribution in [3.05, 3.63) is 45.7 Å². The quantitative estimate of drug-likeness (QED) is 0.675. The maximum atomic E-state index is 12.7. The summed E-state index contributed by atoms with van der Waals surface area (Å²) in [6.07, 6.45) is 8.37. The van der Waals surface area contributed by atoms with E-state index in [1.807, 2.05) is 16.2 Å². The van der Waals surface area contributed by atoms with Gasteiger partial charge in [0.2, 0.25) is 5.76 Å². The molecule has 3 aromatic rings. The predicted molar refractivity (Wildman–Crippen MR) is 101 cm³/mol. The van der Waals surface area contributed by atoms with Crippen molar-refractivity contribution >= 4 is 17.2 Å². The first kappa shape index (κ1) is 16.7. The second-order valence-electron chi connectivity index (χ2n) is 7.25. The summed E-state index contributed by atoms with van der Waals surface area (Å²) >= 11 is 1.90. The standard InChI is InChI=1S/C20H21N3O3S/c24-20(15-12-17(26-22-15)16-5-3-11-25-16)23-9-7-13(8-10-23)19-21-14-4-1-2-6-18(14)27-19/h3,5,11-13H,1-2,4,6-10H2. The Morgan fingerprint density at radius 2 is 2.04 bits per heavy atom. The lowest BCUT2D eigenvalue weighted by atomic mass is 9.97. The van der Waals surface area contributed by atoms with Crippen molar-refractivity contribution in [3.63, 3.8) is 0 Å². The highest BCUT2D eigenvalue weighted by Crippen LogP contribution is 2.35. The number of furan rings is 1. The van der Waals surface area contributed by atoms with Crippen LogP contribution in [0.1, 0.15) is 57.7 Å². The monoisotopic (exact) mass is 383 g/mol. The van der Waals surface area contributed by atoms with Gasteiger partial charge in [-0.3, -0.25) is 4.79 Å². The zero-order chi connectivity index (χ0) is 18.2. The van der Waals surface area contributed by atoms with Gasteiger partial charge in [-0.25, -0.2) is 4.98 Å². The Kier molecular flexibility index (Phi) is 4.32. The van der Waals surface area contributed by atoms with Crippen LogP contribution in [0.4, 0.5) is 0 Å². The fourth-order valence-corrected chi connectivity index (χ4v) is 5.27. The molecule has 0 saturated carbocycles. The van der Waals surface area contributed by atoms with Gasteiger partial charge in [-0.15, -0.1) is 11.3 Å². The highest BCUT2D eigenvalue weighted by atomic mass is 32.1. The van der Waals surface area contributed by atoms with Crippen molar-refractivity contribution in [2.45, 2.75) is 44.4 Å². The van der Waals surface area contributed by atoms with Crippen LogP contribution in [0.2, 0.25) is 0 Å². The van der Waals surface area contributed by atoms with Gasteiger partial charge in [0, 0.05) is 30.0 Å². The van der Waals surface area contributed by atoms with Crippen LogP contribution in [0.3, 0.4) is 0 Å². The minimum Gasteiger partial charge on any atom is -0.461 e. The Bertz CT molecular complexity index is 912. The molecule has 4 heterocycles. The van der Waals surface area contributed by atoms with Gasteiger partial charge in [-0.2, -0.15) is 0 Å². The summed E-state index contributed by atoms with van der Waals surface area (Å²) in [5.41, 5.74) is 1.66. The number of carbonyl (C=O) groups excluding carboxylic acids is 1. The summed E-state index contributed by atoms with van der Waals surface area (Å²) < 4.78 is 10.5. The number of aromatic nitrogens is 2. The number of hydrogen-bond acceptors (Lipinski definition) is 6. The molecule has 0 atom stereocenters. The van der Waals surface area contributed by atoms with Gasteiger partial charge < -0.3 is 13.8 Å². The molecule has 7 heteroatoms. The third kappa shape index (κ3) is 3.20. The van der Waals surface area contributed by atoms with Crippen LogP contribution in [0, 0.1) is 0 Å². The molecular formula is C20H21N3O3S. The average molecular weight is 383 g/mol. The van der Waals surface area contributed by atoms with Crippen LogP contribution in [0.15, 0.2) is 33.4 Å². The topological polar surface area (TPSA) is 72.4 Å². The zero-order valence-corrected chi connectivity index (χ0v) is 15.8. The molecule has 0 unspecified atom stereocenters. The number of likely N-dealkylation sites (tertiary alicyclic amines) is 1. The van der Waals surface area contributed by atoms with Gasteiger partial charge in [-0.1, -0.05) is 5.16 Å². The van der Waals surface area contributed by atoms with E-state index in [1.165, 1.54) is 34.8 Å².